The molecule has 0 fully saturated rings. The lowest BCUT2D eigenvalue weighted by Crippen LogP contribution is -2.11. The zero-order valence-electron chi connectivity index (χ0n) is 8.92. The van der Waals surface area contributed by atoms with Crippen LogP contribution in [0.15, 0.2) is 18.2 Å². The predicted molar refractivity (Wildman–Crippen MR) is 52.6 cm³/mol. The van der Waals surface area contributed by atoms with Crippen molar-refractivity contribution in [3.8, 4) is 0 Å². The zero-order valence-corrected chi connectivity index (χ0v) is 8.92. The second-order valence-electron chi connectivity index (χ2n) is 3.51. The molecule has 0 aliphatic carbocycles. The smallest absolute Gasteiger partial charge is 0.419 e. The van der Waals surface area contributed by atoms with E-state index in [0.717, 1.165) is 6.07 Å². The standard InChI is InChI=1S/C11H8F4O3/c12-8-2-1-6(5-7(8)11(13,14)15)9(16)3-4-10(17)18/h1-2,5H,3-4H2,(H,17,18). The summed E-state index contributed by atoms with van der Waals surface area (Å²) in [6.45, 7) is 0. The second kappa shape index (κ2) is 5.16. The Hall–Kier alpha value is -1.92. The van der Waals surface area contributed by atoms with Crippen molar-refractivity contribution in [1.29, 1.82) is 0 Å². The van der Waals surface area contributed by atoms with Crippen molar-refractivity contribution in [2.75, 3.05) is 0 Å². The Bertz CT molecular complexity index is 480. The van der Waals surface area contributed by atoms with Gasteiger partial charge in [0.2, 0.25) is 0 Å². The van der Waals surface area contributed by atoms with E-state index >= 15 is 0 Å². The molecule has 0 amide bonds. The largest absolute Gasteiger partial charge is 0.481 e. The van der Waals surface area contributed by atoms with E-state index < -0.39 is 42.2 Å². The molecule has 7 heteroatoms. The Labute approximate surface area is 99.0 Å². The van der Waals surface area contributed by atoms with Crippen LogP contribution in [0.1, 0.15) is 28.8 Å². The molecular formula is C11H8F4O3. The summed E-state index contributed by atoms with van der Waals surface area (Å²) in [7, 11) is 0. The zero-order chi connectivity index (χ0) is 13.9. The van der Waals surface area contributed by atoms with Crippen molar-refractivity contribution in [1.82, 2.24) is 0 Å². The van der Waals surface area contributed by atoms with E-state index in [4.69, 9.17) is 5.11 Å². The van der Waals surface area contributed by atoms with Crippen LogP contribution in [-0.4, -0.2) is 16.9 Å². The summed E-state index contributed by atoms with van der Waals surface area (Å²) >= 11 is 0. The van der Waals surface area contributed by atoms with Gasteiger partial charge in [0.05, 0.1) is 12.0 Å². The Morgan fingerprint density at radius 1 is 1.17 bits per heavy atom. The van der Waals surface area contributed by atoms with Crippen molar-refractivity contribution in [2.24, 2.45) is 0 Å². The lowest BCUT2D eigenvalue weighted by molar-refractivity contribution is -0.140. The number of carboxylic acid groups (broad SMARTS) is 1. The van der Waals surface area contributed by atoms with E-state index in [-0.39, 0.29) is 5.56 Å². The molecule has 0 spiro atoms. The molecule has 0 saturated heterocycles. The molecule has 0 bridgehead atoms. The first-order chi connectivity index (χ1) is 8.21. The summed E-state index contributed by atoms with van der Waals surface area (Å²) in [4.78, 5) is 21.6. The molecule has 0 aliphatic heterocycles. The van der Waals surface area contributed by atoms with Crippen LogP contribution >= 0.6 is 0 Å². The minimum atomic E-state index is -4.90. The van der Waals surface area contributed by atoms with Crippen LogP contribution in [-0.2, 0) is 11.0 Å². The van der Waals surface area contributed by atoms with Gasteiger partial charge in [-0.3, -0.25) is 9.59 Å². The van der Waals surface area contributed by atoms with Crippen molar-refractivity contribution >= 4 is 11.8 Å². The van der Waals surface area contributed by atoms with Crippen LogP contribution in [0, 0.1) is 5.82 Å². The highest BCUT2D eigenvalue weighted by molar-refractivity contribution is 5.97. The number of carboxylic acids is 1. The van der Waals surface area contributed by atoms with Crippen molar-refractivity contribution in [3.63, 3.8) is 0 Å². The van der Waals surface area contributed by atoms with Gasteiger partial charge in [-0.1, -0.05) is 0 Å². The molecule has 3 nitrogen and oxygen atoms in total. The second-order valence-corrected chi connectivity index (χ2v) is 3.51. The number of hydrogen-bond donors (Lipinski definition) is 1. The maximum Gasteiger partial charge on any atom is 0.419 e. The van der Waals surface area contributed by atoms with E-state index in [1.54, 1.807) is 0 Å². The molecule has 0 aliphatic rings. The molecular weight excluding hydrogens is 256 g/mol. The number of Topliss-reactive ketones (excluding diaryl/α,β-unsaturated/α-hetero) is 1. The molecule has 0 radical (unpaired) electrons. The lowest BCUT2D eigenvalue weighted by atomic mass is 10.0. The molecule has 1 aromatic rings. The van der Waals surface area contributed by atoms with Gasteiger partial charge in [0.25, 0.3) is 0 Å². The van der Waals surface area contributed by atoms with Crippen LogP contribution in [0.25, 0.3) is 0 Å². The minimum Gasteiger partial charge on any atom is -0.481 e. The topological polar surface area (TPSA) is 54.4 Å². The van der Waals surface area contributed by atoms with E-state index in [9.17, 15) is 27.2 Å². The SMILES string of the molecule is O=C(O)CCC(=O)c1ccc(F)c(C(F)(F)F)c1. The van der Waals surface area contributed by atoms with E-state index in [1.807, 2.05) is 0 Å². The van der Waals surface area contributed by atoms with Gasteiger partial charge in [-0.15, -0.1) is 0 Å². The number of hydrogen-bond acceptors (Lipinski definition) is 2. The highest BCUT2D eigenvalue weighted by Gasteiger charge is 2.34. The average molecular weight is 264 g/mol. The van der Waals surface area contributed by atoms with E-state index in [1.165, 1.54) is 0 Å². The predicted octanol–water partition coefficient (Wildman–Crippen LogP) is 2.89. The third kappa shape index (κ3) is 3.54. The number of halogens is 4. The molecule has 0 atom stereocenters. The minimum absolute atomic E-state index is 0.357. The normalized spacial score (nSPS) is 11.3. The fourth-order valence-corrected chi connectivity index (χ4v) is 1.28. The maximum absolute atomic E-state index is 12.9. The first kappa shape index (κ1) is 14.1. The summed E-state index contributed by atoms with van der Waals surface area (Å²) < 4.78 is 50.0. The summed E-state index contributed by atoms with van der Waals surface area (Å²) in [5, 5.41) is 8.35. The van der Waals surface area contributed by atoms with Gasteiger partial charge in [0, 0.05) is 12.0 Å². The molecule has 1 N–H and O–H groups in total. The van der Waals surface area contributed by atoms with Gasteiger partial charge in [-0.25, -0.2) is 4.39 Å². The summed E-state index contributed by atoms with van der Waals surface area (Å²) in [6, 6.07) is 1.82. The first-order valence-corrected chi connectivity index (χ1v) is 4.83. The van der Waals surface area contributed by atoms with Gasteiger partial charge in [-0.05, 0) is 18.2 Å². The first-order valence-electron chi connectivity index (χ1n) is 4.83. The highest BCUT2D eigenvalue weighted by atomic mass is 19.4. The van der Waals surface area contributed by atoms with Crippen LogP contribution in [0.4, 0.5) is 17.6 Å². The number of alkyl halides is 3. The molecule has 0 saturated carbocycles. The molecule has 1 aromatic carbocycles. The third-order valence-electron chi connectivity index (χ3n) is 2.16. The fraction of sp³-hybridized carbons (Fsp3) is 0.273. The quantitative estimate of drug-likeness (QED) is 0.672. The number of benzene rings is 1. The summed E-state index contributed by atoms with van der Waals surface area (Å²) in [5.74, 6) is -3.48. The summed E-state index contributed by atoms with van der Waals surface area (Å²) in [6.07, 6.45) is -5.82. The van der Waals surface area contributed by atoms with Crippen molar-refractivity contribution < 1.29 is 32.3 Å². The highest BCUT2D eigenvalue weighted by Crippen LogP contribution is 2.32. The Morgan fingerprint density at radius 2 is 1.78 bits per heavy atom. The molecule has 0 unspecified atom stereocenters. The molecule has 18 heavy (non-hydrogen) atoms. The van der Waals surface area contributed by atoms with Crippen LogP contribution in [0.3, 0.4) is 0 Å². The number of ketones is 1. The molecule has 0 heterocycles. The maximum atomic E-state index is 12.9. The average Bonchev–Trinajstić information content (AvgIpc) is 2.24. The van der Waals surface area contributed by atoms with Crippen molar-refractivity contribution in [3.05, 3.63) is 35.1 Å². The molecule has 98 valence electrons. The van der Waals surface area contributed by atoms with Gasteiger partial charge in [0.1, 0.15) is 5.82 Å². The number of aliphatic carboxylic acids is 1. The molecule has 1 rings (SSSR count). The third-order valence-corrected chi connectivity index (χ3v) is 2.16. The van der Waals surface area contributed by atoms with Crippen LogP contribution in [0.2, 0.25) is 0 Å². The van der Waals surface area contributed by atoms with Crippen LogP contribution in [0.5, 0.6) is 0 Å². The van der Waals surface area contributed by atoms with Gasteiger partial charge in [0.15, 0.2) is 5.78 Å². The Kier molecular flexibility index (Phi) is 4.05. The summed E-state index contributed by atoms with van der Waals surface area (Å²) in [5.41, 5.74) is -1.89. The fourth-order valence-electron chi connectivity index (χ4n) is 1.28. The van der Waals surface area contributed by atoms with Gasteiger partial charge < -0.3 is 5.11 Å². The van der Waals surface area contributed by atoms with Crippen molar-refractivity contribution in [2.45, 2.75) is 19.0 Å². The number of carbonyl (C=O) groups is 2. The number of carbonyl (C=O) groups excluding carboxylic acids is 1. The van der Waals surface area contributed by atoms with E-state index in [2.05, 4.69) is 0 Å². The Morgan fingerprint density at radius 3 is 2.28 bits per heavy atom. The van der Waals surface area contributed by atoms with E-state index in [0.29, 0.717) is 12.1 Å². The van der Waals surface area contributed by atoms with Crippen LogP contribution < -0.4 is 0 Å². The molecule has 0 aromatic heterocycles. The van der Waals surface area contributed by atoms with Gasteiger partial charge in [-0.2, -0.15) is 13.2 Å². The monoisotopic (exact) mass is 264 g/mol. The lowest BCUT2D eigenvalue weighted by Gasteiger charge is -2.09. The Balaban J connectivity index is 2.98. The number of rotatable bonds is 4. The van der Waals surface area contributed by atoms with Gasteiger partial charge >= 0.3 is 12.1 Å².